The lowest BCUT2D eigenvalue weighted by atomic mass is 9.90. The lowest BCUT2D eigenvalue weighted by Gasteiger charge is -2.21. The van der Waals surface area contributed by atoms with E-state index in [2.05, 4.69) is 5.10 Å². The molecule has 1 aromatic heterocycles. The summed E-state index contributed by atoms with van der Waals surface area (Å²) in [6.45, 7) is 1.93. The number of ketones is 1. The summed E-state index contributed by atoms with van der Waals surface area (Å²) in [6, 6.07) is 1.95. The zero-order valence-electron chi connectivity index (χ0n) is 9.99. The lowest BCUT2D eigenvalue weighted by Crippen LogP contribution is -2.46. The van der Waals surface area contributed by atoms with Gasteiger partial charge >= 0.3 is 0 Å². The fourth-order valence-corrected chi connectivity index (χ4v) is 2.45. The van der Waals surface area contributed by atoms with Gasteiger partial charge in [-0.25, -0.2) is 0 Å². The minimum absolute atomic E-state index is 0.160. The first-order valence-corrected chi connectivity index (χ1v) is 5.83. The predicted molar refractivity (Wildman–Crippen MR) is 62.0 cm³/mol. The summed E-state index contributed by atoms with van der Waals surface area (Å²) in [6.07, 6.45) is 4.23. The van der Waals surface area contributed by atoms with Gasteiger partial charge in [0, 0.05) is 12.7 Å². The van der Waals surface area contributed by atoms with Gasteiger partial charge in [-0.05, 0) is 25.8 Å². The molecule has 0 aromatic carbocycles. The minimum atomic E-state index is -0.571. The molecule has 16 heavy (non-hydrogen) atoms. The molecule has 1 fully saturated rings. The van der Waals surface area contributed by atoms with Gasteiger partial charge in [-0.2, -0.15) is 5.10 Å². The molecule has 0 bridgehead atoms. The van der Waals surface area contributed by atoms with E-state index in [4.69, 9.17) is 5.73 Å². The van der Waals surface area contributed by atoms with E-state index in [0.29, 0.717) is 6.42 Å². The van der Waals surface area contributed by atoms with Crippen molar-refractivity contribution in [3.63, 3.8) is 0 Å². The van der Waals surface area contributed by atoms with Crippen LogP contribution >= 0.6 is 0 Å². The Kier molecular flexibility index (Phi) is 2.84. The van der Waals surface area contributed by atoms with Crippen LogP contribution in [0.1, 0.15) is 37.1 Å². The average molecular weight is 221 g/mol. The molecule has 0 unspecified atom stereocenters. The third-order valence-electron chi connectivity index (χ3n) is 3.49. The van der Waals surface area contributed by atoms with Crippen molar-refractivity contribution >= 4 is 5.78 Å². The first-order valence-electron chi connectivity index (χ1n) is 5.83. The summed E-state index contributed by atoms with van der Waals surface area (Å²) in [5.41, 5.74) is 7.46. The van der Waals surface area contributed by atoms with Crippen molar-refractivity contribution in [3.8, 4) is 0 Å². The number of aromatic nitrogens is 2. The molecule has 2 rings (SSSR count). The normalized spacial score (nSPS) is 18.9. The Morgan fingerprint density at radius 2 is 2.19 bits per heavy atom. The molecule has 0 saturated heterocycles. The Labute approximate surface area is 95.8 Å². The van der Waals surface area contributed by atoms with Crippen molar-refractivity contribution in [1.29, 1.82) is 0 Å². The molecule has 1 heterocycles. The van der Waals surface area contributed by atoms with Crippen LogP contribution in [0.4, 0.5) is 0 Å². The van der Waals surface area contributed by atoms with Crippen molar-refractivity contribution in [2.45, 2.75) is 44.6 Å². The number of rotatable bonds is 3. The van der Waals surface area contributed by atoms with Gasteiger partial charge in [0.15, 0.2) is 5.78 Å². The van der Waals surface area contributed by atoms with Crippen LogP contribution in [0, 0.1) is 6.92 Å². The van der Waals surface area contributed by atoms with E-state index in [1.807, 2.05) is 20.0 Å². The zero-order chi connectivity index (χ0) is 11.8. The third-order valence-corrected chi connectivity index (χ3v) is 3.49. The van der Waals surface area contributed by atoms with Crippen LogP contribution in [0.2, 0.25) is 0 Å². The van der Waals surface area contributed by atoms with Crippen molar-refractivity contribution in [3.05, 3.63) is 17.5 Å². The molecule has 0 spiro atoms. The van der Waals surface area contributed by atoms with Crippen molar-refractivity contribution < 1.29 is 4.79 Å². The molecule has 4 heteroatoms. The summed E-state index contributed by atoms with van der Waals surface area (Å²) in [5, 5.41) is 4.24. The second kappa shape index (κ2) is 4.01. The summed E-state index contributed by atoms with van der Waals surface area (Å²) in [7, 11) is 1.87. The molecule has 1 aromatic rings. The molecule has 0 amide bonds. The van der Waals surface area contributed by atoms with Gasteiger partial charge in [-0.3, -0.25) is 9.48 Å². The number of Topliss-reactive ketones (excluding diaryl/α,β-unsaturated/α-hetero) is 1. The van der Waals surface area contributed by atoms with E-state index < -0.39 is 5.54 Å². The third kappa shape index (κ3) is 2.02. The Bertz CT molecular complexity index is 402. The number of nitrogens with zero attached hydrogens (tertiary/aromatic N) is 2. The maximum atomic E-state index is 12.1. The van der Waals surface area contributed by atoms with E-state index >= 15 is 0 Å². The van der Waals surface area contributed by atoms with Crippen LogP contribution in [-0.4, -0.2) is 21.1 Å². The van der Waals surface area contributed by atoms with Gasteiger partial charge in [0.05, 0.1) is 17.7 Å². The van der Waals surface area contributed by atoms with Crippen molar-refractivity contribution in [1.82, 2.24) is 9.78 Å². The molecular weight excluding hydrogens is 202 g/mol. The molecule has 1 aliphatic rings. The monoisotopic (exact) mass is 221 g/mol. The molecule has 4 nitrogen and oxygen atoms in total. The van der Waals surface area contributed by atoms with E-state index in [9.17, 15) is 4.79 Å². The molecule has 88 valence electrons. The lowest BCUT2D eigenvalue weighted by molar-refractivity contribution is -0.123. The summed E-state index contributed by atoms with van der Waals surface area (Å²) in [5.74, 6) is 0.160. The Balaban J connectivity index is 2.10. The number of carbonyl (C=O) groups excluding carboxylic acids is 1. The number of aryl methyl sites for hydroxylation is 2. The van der Waals surface area contributed by atoms with E-state index in [-0.39, 0.29) is 5.78 Å². The highest BCUT2D eigenvalue weighted by Gasteiger charge is 2.36. The Morgan fingerprint density at radius 1 is 1.56 bits per heavy atom. The fraction of sp³-hybridized carbons (Fsp3) is 0.667. The van der Waals surface area contributed by atoms with Crippen molar-refractivity contribution in [2.75, 3.05) is 0 Å². The molecule has 0 radical (unpaired) electrons. The largest absolute Gasteiger partial charge is 0.319 e. The molecule has 0 atom stereocenters. The average Bonchev–Trinajstić information content (AvgIpc) is 2.75. The predicted octanol–water partition coefficient (Wildman–Crippen LogP) is 1.11. The Morgan fingerprint density at radius 3 is 2.69 bits per heavy atom. The molecule has 0 aliphatic heterocycles. The minimum Gasteiger partial charge on any atom is -0.319 e. The van der Waals surface area contributed by atoms with Crippen LogP contribution in [0.3, 0.4) is 0 Å². The summed E-state index contributed by atoms with van der Waals surface area (Å²) < 4.78 is 1.77. The Hall–Kier alpha value is -1.16. The fourth-order valence-electron chi connectivity index (χ4n) is 2.45. The van der Waals surface area contributed by atoms with Gasteiger partial charge in [0.25, 0.3) is 0 Å². The number of carbonyl (C=O) groups is 1. The maximum absolute atomic E-state index is 12.1. The number of hydrogen-bond acceptors (Lipinski definition) is 3. The first-order chi connectivity index (χ1) is 7.51. The molecule has 2 N–H and O–H groups in total. The SMILES string of the molecule is Cc1cc(CC(=O)C2(N)CCCC2)n(C)n1. The van der Waals surface area contributed by atoms with Crippen LogP contribution in [-0.2, 0) is 18.3 Å². The van der Waals surface area contributed by atoms with Crippen LogP contribution in [0.25, 0.3) is 0 Å². The second-order valence-electron chi connectivity index (χ2n) is 4.86. The highest BCUT2D eigenvalue weighted by atomic mass is 16.1. The van der Waals surface area contributed by atoms with Gasteiger partial charge in [0.1, 0.15) is 0 Å². The van der Waals surface area contributed by atoms with E-state index in [1.54, 1.807) is 4.68 Å². The summed E-state index contributed by atoms with van der Waals surface area (Å²) in [4.78, 5) is 12.1. The van der Waals surface area contributed by atoms with Gasteiger partial charge in [0.2, 0.25) is 0 Å². The number of hydrogen-bond donors (Lipinski definition) is 1. The molecule has 1 saturated carbocycles. The van der Waals surface area contributed by atoms with Gasteiger partial charge in [-0.1, -0.05) is 12.8 Å². The smallest absolute Gasteiger partial charge is 0.158 e. The van der Waals surface area contributed by atoms with Crippen LogP contribution < -0.4 is 5.73 Å². The zero-order valence-corrected chi connectivity index (χ0v) is 9.99. The van der Waals surface area contributed by atoms with E-state index in [1.165, 1.54) is 0 Å². The van der Waals surface area contributed by atoms with E-state index in [0.717, 1.165) is 37.1 Å². The van der Waals surface area contributed by atoms with Gasteiger partial charge < -0.3 is 5.73 Å². The maximum Gasteiger partial charge on any atom is 0.158 e. The van der Waals surface area contributed by atoms with Crippen LogP contribution in [0.5, 0.6) is 0 Å². The van der Waals surface area contributed by atoms with Crippen molar-refractivity contribution in [2.24, 2.45) is 12.8 Å². The quantitative estimate of drug-likeness (QED) is 0.831. The first kappa shape index (κ1) is 11.3. The second-order valence-corrected chi connectivity index (χ2v) is 4.86. The highest BCUT2D eigenvalue weighted by molar-refractivity contribution is 5.90. The highest BCUT2D eigenvalue weighted by Crippen LogP contribution is 2.28. The molecular formula is C12H19N3O. The molecule has 1 aliphatic carbocycles. The number of nitrogens with two attached hydrogens (primary N) is 1. The topological polar surface area (TPSA) is 60.9 Å². The standard InChI is InChI=1S/C12H19N3O/c1-9-7-10(15(2)14-9)8-11(16)12(13)5-3-4-6-12/h7H,3-6,8,13H2,1-2H3. The van der Waals surface area contributed by atoms with Crippen LogP contribution in [0.15, 0.2) is 6.07 Å². The van der Waals surface area contributed by atoms with Gasteiger partial charge in [-0.15, -0.1) is 0 Å². The summed E-state index contributed by atoms with van der Waals surface area (Å²) >= 11 is 0.